The van der Waals surface area contributed by atoms with Gasteiger partial charge in [0, 0.05) is 6.08 Å². The Morgan fingerprint density at radius 2 is 2.33 bits per heavy atom. The van der Waals surface area contributed by atoms with E-state index in [-0.39, 0.29) is 0 Å². The van der Waals surface area contributed by atoms with Gasteiger partial charge in [-0.05, 0) is 0 Å². The van der Waals surface area contributed by atoms with Crippen LogP contribution in [0.5, 0.6) is 0 Å². The van der Waals surface area contributed by atoms with E-state index in [4.69, 9.17) is 11.5 Å². The molecule has 0 spiro atoms. The van der Waals surface area contributed by atoms with Gasteiger partial charge in [0.05, 0.1) is 18.7 Å². The maximum Gasteiger partial charge on any atom is 0.146 e. The minimum Gasteiger partial charge on any atom is -0.377 e. The lowest BCUT2D eigenvalue weighted by atomic mass is 10.1. The largest absolute Gasteiger partial charge is 0.377 e. The van der Waals surface area contributed by atoms with Crippen LogP contribution >= 0.6 is 0 Å². The Kier molecular flexibility index (Phi) is 1.63. The quantitative estimate of drug-likeness (QED) is 0.483. The van der Waals surface area contributed by atoms with E-state index in [1.54, 1.807) is 12.2 Å². The summed E-state index contributed by atoms with van der Waals surface area (Å²) in [5.41, 5.74) is 12.5. The Hall–Kier alpha value is -1.11. The van der Waals surface area contributed by atoms with Crippen molar-refractivity contribution in [2.24, 2.45) is 11.5 Å². The van der Waals surface area contributed by atoms with Gasteiger partial charge in [0.15, 0.2) is 0 Å². The summed E-state index contributed by atoms with van der Waals surface area (Å²) in [7, 11) is 0. The lowest BCUT2D eigenvalue weighted by molar-refractivity contribution is 1.16. The lowest BCUT2D eigenvalue weighted by Gasteiger charge is -1.90. The van der Waals surface area contributed by atoms with Crippen molar-refractivity contribution in [3.63, 3.8) is 0 Å². The first-order valence-electron chi connectivity index (χ1n) is 2.79. The van der Waals surface area contributed by atoms with Crippen LogP contribution in [0.1, 0.15) is 0 Å². The molecular formula is C7H9N2+. The van der Waals surface area contributed by atoms with Gasteiger partial charge in [-0.25, -0.2) is 0 Å². The summed E-state index contributed by atoms with van der Waals surface area (Å²) in [5.74, 6) is 0. The van der Waals surface area contributed by atoms with Crippen molar-refractivity contribution in [3.8, 4) is 0 Å². The zero-order valence-electron chi connectivity index (χ0n) is 5.09. The van der Waals surface area contributed by atoms with Gasteiger partial charge in [-0.3, -0.25) is 0 Å². The molecule has 0 unspecified atom stereocenters. The predicted octanol–water partition coefficient (Wildman–Crippen LogP) is 0.0871. The van der Waals surface area contributed by atoms with Gasteiger partial charge >= 0.3 is 0 Å². The third-order valence-corrected chi connectivity index (χ3v) is 1.11. The Morgan fingerprint density at radius 1 is 1.56 bits per heavy atom. The van der Waals surface area contributed by atoms with Gasteiger partial charge in [0.2, 0.25) is 0 Å². The highest BCUT2D eigenvalue weighted by molar-refractivity contribution is 5.34. The van der Waals surface area contributed by atoms with Crippen molar-refractivity contribution in [2.75, 3.05) is 6.54 Å². The van der Waals surface area contributed by atoms with Crippen molar-refractivity contribution in [1.82, 2.24) is 0 Å². The Morgan fingerprint density at radius 3 is 2.78 bits per heavy atom. The third kappa shape index (κ3) is 1.39. The number of rotatable bonds is 1. The molecule has 9 heavy (non-hydrogen) atoms. The summed E-state index contributed by atoms with van der Waals surface area (Å²) in [6, 6.07) is 0. The van der Waals surface area contributed by atoms with Crippen LogP contribution in [0.4, 0.5) is 0 Å². The smallest absolute Gasteiger partial charge is 0.146 e. The summed E-state index contributed by atoms with van der Waals surface area (Å²) >= 11 is 0. The minimum absolute atomic E-state index is 0.505. The standard InChI is InChI=1S/C7H9N2/c8-5-6-2-1-3-7(9)4-6/h1,3-4H,5,8-9H2/q+1. The van der Waals surface area contributed by atoms with Gasteiger partial charge in [-0.1, -0.05) is 0 Å². The first-order chi connectivity index (χ1) is 4.33. The highest BCUT2D eigenvalue weighted by Gasteiger charge is 2.03. The predicted molar refractivity (Wildman–Crippen MR) is 37.2 cm³/mol. The monoisotopic (exact) mass is 121 g/mol. The molecular weight excluding hydrogens is 112 g/mol. The molecule has 1 aliphatic carbocycles. The first-order valence-corrected chi connectivity index (χ1v) is 2.79. The van der Waals surface area contributed by atoms with Crippen LogP contribution in [0.15, 0.2) is 29.5 Å². The molecule has 0 aliphatic heterocycles. The molecule has 0 fully saturated rings. The number of hydrogen-bond acceptors (Lipinski definition) is 2. The Labute approximate surface area is 54.5 Å². The molecule has 1 rings (SSSR count). The molecule has 0 aromatic carbocycles. The average molecular weight is 121 g/mol. The zero-order valence-corrected chi connectivity index (χ0v) is 5.09. The second kappa shape index (κ2) is 2.44. The fraction of sp³-hybridized carbons (Fsp3) is 0.143. The van der Waals surface area contributed by atoms with Gasteiger partial charge in [-0.2, -0.15) is 0 Å². The van der Waals surface area contributed by atoms with Crippen molar-refractivity contribution >= 4 is 0 Å². The highest BCUT2D eigenvalue weighted by atomic mass is 14.6. The van der Waals surface area contributed by atoms with Crippen LogP contribution in [0.25, 0.3) is 0 Å². The first kappa shape index (κ1) is 6.02. The molecule has 0 amide bonds. The van der Waals surface area contributed by atoms with Gasteiger partial charge < -0.3 is 11.5 Å². The summed E-state index contributed by atoms with van der Waals surface area (Å²) in [4.78, 5) is 0. The minimum atomic E-state index is 0.505. The number of hydrogen-bond donors (Lipinski definition) is 2. The van der Waals surface area contributed by atoms with Crippen molar-refractivity contribution in [2.45, 2.75) is 0 Å². The topological polar surface area (TPSA) is 52.0 Å². The third-order valence-electron chi connectivity index (χ3n) is 1.11. The van der Waals surface area contributed by atoms with Crippen LogP contribution < -0.4 is 11.5 Å². The molecule has 0 aromatic heterocycles. The lowest BCUT2D eigenvalue weighted by Crippen LogP contribution is -2.05. The molecule has 0 radical (unpaired) electrons. The molecule has 0 heterocycles. The fourth-order valence-corrected chi connectivity index (χ4v) is 0.654. The molecule has 0 aromatic rings. The normalized spacial score (nSPS) is 16.1. The van der Waals surface area contributed by atoms with Crippen LogP contribution in [0.3, 0.4) is 0 Å². The van der Waals surface area contributed by atoms with Gasteiger partial charge in [-0.15, -0.1) is 0 Å². The van der Waals surface area contributed by atoms with E-state index < -0.39 is 0 Å². The van der Waals surface area contributed by atoms with E-state index in [0.29, 0.717) is 6.54 Å². The van der Waals surface area contributed by atoms with Gasteiger partial charge in [0.25, 0.3) is 0 Å². The summed E-state index contributed by atoms with van der Waals surface area (Å²) in [6.45, 7) is 0.505. The number of nitrogens with two attached hydrogens (primary N) is 2. The summed E-state index contributed by atoms with van der Waals surface area (Å²) in [5, 5.41) is 0. The van der Waals surface area contributed by atoms with Crippen molar-refractivity contribution in [1.29, 1.82) is 0 Å². The molecule has 0 saturated heterocycles. The molecule has 2 heteroatoms. The van der Waals surface area contributed by atoms with Crippen molar-refractivity contribution in [3.05, 3.63) is 35.6 Å². The molecule has 0 bridgehead atoms. The maximum absolute atomic E-state index is 5.46. The van der Waals surface area contributed by atoms with E-state index in [1.807, 2.05) is 6.08 Å². The van der Waals surface area contributed by atoms with E-state index >= 15 is 0 Å². The van der Waals surface area contributed by atoms with E-state index in [2.05, 4.69) is 6.08 Å². The van der Waals surface area contributed by atoms with E-state index in [9.17, 15) is 0 Å². The second-order valence-corrected chi connectivity index (χ2v) is 1.85. The summed E-state index contributed by atoms with van der Waals surface area (Å²) < 4.78 is 0. The highest BCUT2D eigenvalue weighted by Crippen LogP contribution is 2.03. The molecule has 2 nitrogen and oxygen atoms in total. The molecule has 4 N–H and O–H groups in total. The Bertz CT molecular complexity index is 187. The Balaban J connectivity index is 2.78. The van der Waals surface area contributed by atoms with E-state index in [0.717, 1.165) is 11.3 Å². The average Bonchev–Trinajstić information content (AvgIpc) is 1.88. The number of allylic oxidation sites excluding steroid dienone is 3. The van der Waals surface area contributed by atoms with Crippen molar-refractivity contribution < 1.29 is 0 Å². The molecule has 0 saturated carbocycles. The zero-order chi connectivity index (χ0) is 6.69. The fourth-order valence-electron chi connectivity index (χ4n) is 0.654. The SMILES string of the molecule is NCC1=[C+]C=CC(N)=C1. The van der Waals surface area contributed by atoms with Crippen LogP contribution in [-0.4, -0.2) is 6.54 Å². The van der Waals surface area contributed by atoms with E-state index in [1.165, 1.54) is 0 Å². The molecule has 0 atom stereocenters. The second-order valence-electron chi connectivity index (χ2n) is 1.85. The van der Waals surface area contributed by atoms with Crippen LogP contribution in [0, 0.1) is 6.08 Å². The molecule has 46 valence electrons. The molecule has 1 aliphatic rings. The van der Waals surface area contributed by atoms with Crippen LogP contribution in [-0.2, 0) is 0 Å². The van der Waals surface area contributed by atoms with Gasteiger partial charge in [0.1, 0.15) is 17.3 Å². The van der Waals surface area contributed by atoms with Crippen LogP contribution in [0.2, 0.25) is 0 Å². The maximum atomic E-state index is 5.46. The summed E-state index contributed by atoms with van der Waals surface area (Å²) in [6.07, 6.45) is 8.34.